The molecule has 0 aliphatic heterocycles. The fraction of sp³-hybridized carbons (Fsp3) is 0.611. The minimum absolute atomic E-state index is 0. The van der Waals surface area contributed by atoms with Crippen LogP contribution in [0, 0.1) is 11.2 Å². The van der Waals surface area contributed by atoms with Gasteiger partial charge in [-0.1, -0.05) is 31.5 Å². The van der Waals surface area contributed by atoms with Gasteiger partial charge in [0, 0.05) is 28.9 Å². The first kappa shape index (κ1) is 22.4. The molecule has 0 bridgehead atoms. The number of nitrogens with zero attached hydrogens (tertiary/aromatic N) is 1. The SMILES string of the molecule is CCNC(=NCC(C)(C)c1ccc(F)cc1Cl)NCC1(CO)CC1.I. The van der Waals surface area contributed by atoms with Crippen molar-refractivity contribution < 1.29 is 9.50 Å². The summed E-state index contributed by atoms with van der Waals surface area (Å²) in [5.41, 5.74) is 0.576. The molecular weight excluding hydrogens is 456 g/mol. The third-order valence-corrected chi connectivity index (χ3v) is 4.87. The number of aliphatic hydroxyl groups excluding tert-OH is 1. The van der Waals surface area contributed by atoms with Crippen molar-refractivity contribution in [2.45, 2.75) is 39.0 Å². The predicted molar refractivity (Wildman–Crippen MR) is 113 cm³/mol. The highest BCUT2D eigenvalue weighted by Crippen LogP contribution is 2.44. The van der Waals surface area contributed by atoms with Gasteiger partial charge in [-0.2, -0.15) is 0 Å². The summed E-state index contributed by atoms with van der Waals surface area (Å²) in [4.78, 5) is 4.65. The number of hydrogen-bond donors (Lipinski definition) is 3. The Morgan fingerprint density at radius 2 is 2.04 bits per heavy atom. The van der Waals surface area contributed by atoms with Crippen molar-refractivity contribution >= 4 is 41.5 Å². The number of nitrogens with one attached hydrogen (secondary N) is 2. The van der Waals surface area contributed by atoms with Crippen molar-refractivity contribution in [3.8, 4) is 0 Å². The normalized spacial score (nSPS) is 16.2. The Balaban J connectivity index is 0.00000312. The van der Waals surface area contributed by atoms with Crippen molar-refractivity contribution in [1.82, 2.24) is 10.6 Å². The van der Waals surface area contributed by atoms with Crippen LogP contribution in [0.5, 0.6) is 0 Å². The summed E-state index contributed by atoms with van der Waals surface area (Å²) < 4.78 is 13.2. The van der Waals surface area contributed by atoms with Crippen LogP contribution in [-0.4, -0.2) is 37.3 Å². The molecule has 1 aliphatic carbocycles. The molecule has 0 saturated heterocycles. The Morgan fingerprint density at radius 1 is 1.36 bits per heavy atom. The first-order chi connectivity index (χ1) is 11.3. The Kier molecular flexibility index (Phi) is 8.41. The van der Waals surface area contributed by atoms with Gasteiger partial charge in [-0.3, -0.25) is 4.99 Å². The van der Waals surface area contributed by atoms with Gasteiger partial charge in [0.2, 0.25) is 0 Å². The first-order valence-corrected chi connectivity index (χ1v) is 8.78. The van der Waals surface area contributed by atoms with Gasteiger partial charge in [0.15, 0.2) is 5.96 Å². The van der Waals surface area contributed by atoms with Gasteiger partial charge in [-0.25, -0.2) is 4.39 Å². The van der Waals surface area contributed by atoms with Gasteiger partial charge >= 0.3 is 0 Å². The molecule has 0 spiro atoms. The second-order valence-electron chi connectivity index (χ2n) is 7.21. The lowest BCUT2D eigenvalue weighted by Crippen LogP contribution is -2.41. The van der Waals surface area contributed by atoms with E-state index in [9.17, 15) is 9.50 Å². The van der Waals surface area contributed by atoms with E-state index in [0.717, 1.165) is 30.9 Å². The fourth-order valence-electron chi connectivity index (χ4n) is 2.58. The largest absolute Gasteiger partial charge is 0.396 e. The number of guanidine groups is 1. The lowest BCUT2D eigenvalue weighted by Gasteiger charge is -2.25. The summed E-state index contributed by atoms with van der Waals surface area (Å²) in [6.07, 6.45) is 2.10. The van der Waals surface area contributed by atoms with E-state index in [1.807, 2.05) is 20.8 Å². The molecule has 1 aromatic rings. The van der Waals surface area contributed by atoms with E-state index >= 15 is 0 Å². The zero-order valence-electron chi connectivity index (χ0n) is 15.0. The maximum atomic E-state index is 13.2. The van der Waals surface area contributed by atoms with E-state index in [2.05, 4.69) is 15.6 Å². The number of aliphatic imine (C=N–C) groups is 1. The molecule has 25 heavy (non-hydrogen) atoms. The molecule has 1 aromatic carbocycles. The van der Waals surface area contributed by atoms with E-state index in [1.165, 1.54) is 12.1 Å². The van der Waals surface area contributed by atoms with Crippen LogP contribution < -0.4 is 10.6 Å². The van der Waals surface area contributed by atoms with Gasteiger partial charge < -0.3 is 15.7 Å². The second kappa shape index (κ2) is 9.37. The Morgan fingerprint density at radius 3 is 2.56 bits per heavy atom. The van der Waals surface area contributed by atoms with Crippen LogP contribution in [-0.2, 0) is 5.41 Å². The van der Waals surface area contributed by atoms with E-state index in [1.54, 1.807) is 6.07 Å². The predicted octanol–water partition coefficient (Wildman–Crippen LogP) is 3.70. The topological polar surface area (TPSA) is 56.7 Å². The molecule has 0 aromatic heterocycles. The van der Waals surface area contributed by atoms with E-state index in [-0.39, 0.29) is 47.2 Å². The minimum Gasteiger partial charge on any atom is -0.396 e. The highest BCUT2D eigenvalue weighted by Gasteiger charge is 2.41. The summed E-state index contributed by atoms with van der Waals surface area (Å²) in [6.45, 7) is 8.28. The lowest BCUT2D eigenvalue weighted by atomic mass is 9.84. The molecule has 4 nitrogen and oxygen atoms in total. The summed E-state index contributed by atoms with van der Waals surface area (Å²) in [5, 5.41) is 16.4. The van der Waals surface area contributed by atoms with Crippen molar-refractivity contribution in [3.63, 3.8) is 0 Å². The van der Waals surface area contributed by atoms with E-state index in [4.69, 9.17) is 11.6 Å². The summed E-state index contributed by atoms with van der Waals surface area (Å²) in [6, 6.07) is 4.48. The quantitative estimate of drug-likeness (QED) is 0.315. The van der Waals surface area contributed by atoms with Crippen LogP contribution in [0.3, 0.4) is 0 Å². The number of hydrogen-bond acceptors (Lipinski definition) is 2. The maximum absolute atomic E-state index is 13.2. The maximum Gasteiger partial charge on any atom is 0.191 e. The van der Waals surface area contributed by atoms with E-state index in [0.29, 0.717) is 18.1 Å². The molecule has 0 radical (unpaired) electrons. The Labute approximate surface area is 171 Å². The van der Waals surface area contributed by atoms with Crippen LogP contribution >= 0.6 is 35.6 Å². The van der Waals surface area contributed by atoms with Gasteiger partial charge in [-0.05, 0) is 37.5 Å². The molecule has 0 unspecified atom stereocenters. The van der Waals surface area contributed by atoms with Crippen LogP contribution in [0.2, 0.25) is 5.02 Å². The molecule has 0 atom stereocenters. The second-order valence-corrected chi connectivity index (χ2v) is 7.62. The van der Waals surface area contributed by atoms with Crippen molar-refractivity contribution in [1.29, 1.82) is 0 Å². The molecule has 0 amide bonds. The van der Waals surface area contributed by atoms with Crippen molar-refractivity contribution in [2.75, 3.05) is 26.2 Å². The zero-order chi connectivity index (χ0) is 17.8. The number of halogens is 3. The molecule has 3 N–H and O–H groups in total. The van der Waals surface area contributed by atoms with Crippen LogP contribution in [0.4, 0.5) is 4.39 Å². The Bertz CT molecular complexity index is 606. The molecule has 2 rings (SSSR count). The van der Waals surface area contributed by atoms with Gasteiger partial charge in [0.05, 0.1) is 13.2 Å². The standard InChI is InChI=1S/C18H27ClFN3O.HI/c1-4-21-16(23-11-18(12-24)7-8-18)22-10-17(2,3)14-6-5-13(20)9-15(14)19;/h5-6,9,24H,4,7-8,10-12H2,1-3H3,(H2,21,22,23);1H. The molecule has 1 saturated carbocycles. The highest BCUT2D eigenvalue weighted by atomic mass is 127. The molecular formula is C18H28ClFIN3O. The van der Waals surface area contributed by atoms with E-state index < -0.39 is 0 Å². The van der Waals surface area contributed by atoms with Crippen LogP contribution in [0.25, 0.3) is 0 Å². The summed E-state index contributed by atoms with van der Waals surface area (Å²) in [7, 11) is 0. The third-order valence-electron chi connectivity index (χ3n) is 4.56. The minimum atomic E-state index is -0.336. The summed E-state index contributed by atoms with van der Waals surface area (Å²) in [5.74, 6) is 0.389. The average molecular weight is 484 g/mol. The number of rotatable bonds is 7. The number of benzene rings is 1. The first-order valence-electron chi connectivity index (χ1n) is 8.40. The van der Waals surface area contributed by atoms with Gasteiger partial charge in [0.1, 0.15) is 5.82 Å². The average Bonchev–Trinajstić information content (AvgIpc) is 3.30. The molecule has 1 fully saturated rings. The van der Waals surface area contributed by atoms with Crippen molar-refractivity contribution in [2.24, 2.45) is 10.4 Å². The smallest absolute Gasteiger partial charge is 0.191 e. The molecule has 142 valence electrons. The van der Waals surface area contributed by atoms with Gasteiger partial charge in [-0.15, -0.1) is 24.0 Å². The third kappa shape index (κ3) is 6.25. The lowest BCUT2D eigenvalue weighted by molar-refractivity contribution is 0.212. The monoisotopic (exact) mass is 483 g/mol. The zero-order valence-corrected chi connectivity index (χ0v) is 18.1. The summed E-state index contributed by atoms with van der Waals surface area (Å²) >= 11 is 6.19. The van der Waals surface area contributed by atoms with Gasteiger partial charge in [0.25, 0.3) is 0 Å². The fourth-order valence-corrected chi connectivity index (χ4v) is 3.00. The number of aliphatic hydroxyl groups is 1. The molecule has 7 heteroatoms. The van der Waals surface area contributed by atoms with Crippen LogP contribution in [0.15, 0.2) is 23.2 Å². The molecule has 0 heterocycles. The Hall–Kier alpha value is -0.600. The van der Waals surface area contributed by atoms with Crippen molar-refractivity contribution in [3.05, 3.63) is 34.6 Å². The van der Waals surface area contributed by atoms with Crippen LogP contribution in [0.1, 0.15) is 39.2 Å². The molecule has 1 aliphatic rings. The highest BCUT2D eigenvalue weighted by molar-refractivity contribution is 14.0.